The maximum absolute atomic E-state index is 6.09. The van der Waals surface area contributed by atoms with E-state index >= 15 is 0 Å². The van der Waals surface area contributed by atoms with Crippen molar-refractivity contribution in [2.24, 2.45) is 0 Å². The fourth-order valence-electron chi connectivity index (χ4n) is 3.31. The third kappa shape index (κ3) is 3.82. The first kappa shape index (κ1) is 16.2. The number of hydrogen-bond acceptors (Lipinski definition) is 3. The molecule has 2 aromatic rings. The molecule has 5 heteroatoms. The molecule has 1 atom stereocenters. The van der Waals surface area contributed by atoms with Gasteiger partial charge in [-0.05, 0) is 57.1 Å². The van der Waals surface area contributed by atoms with Crippen molar-refractivity contribution >= 4 is 22.5 Å². The Bertz CT molecular complexity index is 706. The number of H-pyrrole nitrogens is 1. The van der Waals surface area contributed by atoms with E-state index in [1.54, 1.807) is 0 Å². The molecule has 3 rings (SSSR count). The molecule has 1 fully saturated rings. The van der Waals surface area contributed by atoms with Crippen molar-refractivity contribution in [2.45, 2.75) is 32.4 Å². The lowest BCUT2D eigenvalue weighted by atomic mass is 10.1. The normalized spacial score (nSPS) is 19.0. The van der Waals surface area contributed by atoms with Gasteiger partial charge in [-0.2, -0.15) is 0 Å². The summed E-state index contributed by atoms with van der Waals surface area (Å²) in [5.74, 6) is 0.890. The molecular weight excluding hydrogens is 308 g/mol. The Morgan fingerprint density at radius 1 is 1.48 bits per heavy atom. The highest BCUT2D eigenvalue weighted by molar-refractivity contribution is 6.31. The molecule has 1 unspecified atom stereocenters. The van der Waals surface area contributed by atoms with Gasteiger partial charge < -0.3 is 20.5 Å². The lowest BCUT2D eigenvalue weighted by molar-refractivity contribution is 0.233. The van der Waals surface area contributed by atoms with Crippen molar-refractivity contribution in [1.29, 1.82) is 0 Å². The van der Waals surface area contributed by atoms with E-state index in [-0.39, 0.29) is 0 Å². The van der Waals surface area contributed by atoms with Crippen molar-refractivity contribution in [3.05, 3.63) is 46.9 Å². The van der Waals surface area contributed by atoms with Gasteiger partial charge in [0.05, 0.1) is 12.4 Å². The highest BCUT2D eigenvalue weighted by Gasteiger charge is 2.17. The number of aromatic nitrogens is 1. The maximum atomic E-state index is 6.09. The Kier molecular flexibility index (Phi) is 4.83. The maximum Gasteiger partial charge on any atom is 0.0918 e. The molecule has 1 aliphatic heterocycles. The third-order valence-corrected chi connectivity index (χ3v) is 4.84. The topological polar surface area (TPSA) is 43.1 Å². The van der Waals surface area contributed by atoms with Crippen LogP contribution in [-0.2, 0) is 6.54 Å². The van der Waals surface area contributed by atoms with E-state index in [0.29, 0.717) is 6.04 Å². The van der Waals surface area contributed by atoms with E-state index in [2.05, 4.69) is 41.1 Å². The van der Waals surface area contributed by atoms with Gasteiger partial charge in [-0.1, -0.05) is 18.2 Å². The monoisotopic (exact) mass is 332 g/mol. The zero-order valence-corrected chi connectivity index (χ0v) is 14.6. The summed E-state index contributed by atoms with van der Waals surface area (Å²) in [5, 5.41) is 8.84. The summed E-state index contributed by atoms with van der Waals surface area (Å²) in [6, 6.07) is 6.43. The van der Waals surface area contributed by atoms with E-state index in [4.69, 9.17) is 11.6 Å². The van der Waals surface area contributed by atoms with Crippen LogP contribution in [0.1, 0.15) is 24.1 Å². The Morgan fingerprint density at radius 3 is 3.09 bits per heavy atom. The van der Waals surface area contributed by atoms with Crippen LogP contribution in [0.2, 0.25) is 5.02 Å². The van der Waals surface area contributed by atoms with Crippen LogP contribution in [0.5, 0.6) is 0 Å². The number of likely N-dealkylation sites (N-methyl/N-ethyl adjacent to an activating group) is 1. The minimum Gasteiger partial charge on any atom is -0.368 e. The molecule has 124 valence electrons. The second kappa shape index (κ2) is 6.85. The van der Waals surface area contributed by atoms with Crippen LogP contribution in [0.3, 0.4) is 0 Å². The first-order valence-electron chi connectivity index (χ1n) is 8.17. The van der Waals surface area contributed by atoms with Crippen LogP contribution in [0, 0.1) is 6.92 Å². The summed E-state index contributed by atoms with van der Waals surface area (Å²) >= 11 is 6.09. The zero-order chi connectivity index (χ0) is 16.4. The molecule has 0 radical (unpaired) electrons. The van der Waals surface area contributed by atoms with Gasteiger partial charge >= 0.3 is 0 Å². The van der Waals surface area contributed by atoms with Gasteiger partial charge in [-0.15, -0.1) is 0 Å². The number of nitrogens with one attached hydrogen (secondary N) is 3. The summed E-state index contributed by atoms with van der Waals surface area (Å²) in [7, 11) is 2.17. The molecule has 2 heterocycles. The number of likely N-dealkylation sites (tertiary alicyclic amines) is 1. The molecule has 1 aliphatic rings. The number of aryl methyl sites for hydroxylation is 1. The molecule has 4 nitrogen and oxygen atoms in total. The Balaban J connectivity index is 1.59. The number of piperidine rings is 1. The summed E-state index contributed by atoms with van der Waals surface area (Å²) in [4.78, 5) is 5.82. The largest absolute Gasteiger partial charge is 0.368 e. The number of fused-ring (bicyclic) bond motifs is 1. The van der Waals surface area contributed by atoms with Crippen LogP contribution >= 0.6 is 11.6 Å². The standard InChI is InChI=1S/C18H25ClN4/c1-12-16-9-14(19)6-7-17(16)22-18(12)10-20-13(2)21-15-5-4-8-23(3)11-15/h6-7,9,15,20-22H,2,4-5,8,10-11H2,1,3H3. The first-order chi connectivity index (χ1) is 11.0. The van der Waals surface area contributed by atoms with Gasteiger partial charge in [-0.3, -0.25) is 0 Å². The van der Waals surface area contributed by atoms with Crippen LogP contribution in [-0.4, -0.2) is 36.1 Å². The SMILES string of the molecule is C=C(NCc1[nH]c2ccc(Cl)cc2c1C)NC1CCCN(C)C1. The summed E-state index contributed by atoms with van der Waals surface area (Å²) < 4.78 is 0. The number of hydrogen-bond donors (Lipinski definition) is 3. The Morgan fingerprint density at radius 2 is 2.30 bits per heavy atom. The minimum absolute atomic E-state index is 0.483. The van der Waals surface area contributed by atoms with E-state index < -0.39 is 0 Å². The zero-order valence-electron chi connectivity index (χ0n) is 13.9. The molecule has 0 saturated carbocycles. The lowest BCUT2D eigenvalue weighted by Gasteiger charge is -2.31. The van der Waals surface area contributed by atoms with E-state index in [0.717, 1.165) is 29.4 Å². The van der Waals surface area contributed by atoms with Crippen LogP contribution < -0.4 is 10.6 Å². The molecule has 0 bridgehead atoms. The second-order valence-corrected chi connectivity index (χ2v) is 6.93. The van der Waals surface area contributed by atoms with Crippen molar-refractivity contribution in [3.63, 3.8) is 0 Å². The molecule has 1 aromatic carbocycles. The minimum atomic E-state index is 0.483. The quantitative estimate of drug-likeness (QED) is 0.786. The number of halogens is 1. The Hall–Kier alpha value is -1.65. The predicted molar refractivity (Wildman–Crippen MR) is 97.7 cm³/mol. The van der Waals surface area contributed by atoms with Gasteiger partial charge in [0.25, 0.3) is 0 Å². The molecule has 1 saturated heterocycles. The summed E-state index contributed by atoms with van der Waals surface area (Å²) in [5.41, 5.74) is 3.53. The van der Waals surface area contributed by atoms with Gasteiger partial charge in [0, 0.05) is 34.2 Å². The lowest BCUT2D eigenvalue weighted by Crippen LogP contribution is -2.45. The molecule has 0 aliphatic carbocycles. The first-order valence-corrected chi connectivity index (χ1v) is 8.55. The van der Waals surface area contributed by atoms with Crippen molar-refractivity contribution in [1.82, 2.24) is 20.5 Å². The number of benzene rings is 1. The van der Waals surface area contributed by atoms with E-state index in [1.165, 1.54) is 36.0 Å². The summed E-state index contributed by atoms with van der Waals surface area (Å²) in [6.45, 7) is 9.23. The third-order valence-electron chi connectivity index (χ3n) is 4.61. The Labute approximate surface area is 142 Å². The summed E-state index contributed by atoms with van der Waals surface area (Å²) in [6.07, 6.45) is 2.44. The fourth-order valence-corrected chi connectivity index (χ4v) is 3.48. The molecule has 0 spiro atoms. The van der Waals surface area contributed by atoms with Gasteiger partial charge in [0.15, 0.2) is 0 Å². The molecule has 3 N–H and O–H groups in total. The van der Waals surface area contributed by atoms with Gasteiger partial charge in [-0.25, -0.2) is 0 Å². The molecule has 23 heavy (non-hydrogen) atoms. The molecule has 0 amide bonds. The predicted octanol–water partition coefficient (Wildman–Crippen LogP) is 3.37. The number of nitrogens with zero attached hydrogens (tertiary/aromatic N) is 1. The highest BCUT2D eigenvalue weighted by atomic mass is 35.5. The highest BCUT2D eigenvalue weighted by Crippen LogP contribution is 2.24. The van der Waals surface area contributed by atoms with Crippen LogP contribution in [0.4, 0.5) is 0 Å². The van der Waals surface area contributed by atoms with E-state index in [1.807, 2.05) is 18.2 Å². The van der Waals surface area contributed by atoms with Crippen molar-refractivity contribution in [3.8, 4) is 0 Å². The fraction of sp³-hybridized carbons (Fsp3) is 0.444. The van der Waals surface area contributed by atoms with Gasteiger partial charge in [0.2, 0.25) is 0 Å². The molecule has 1 aromatic heterocycles. The average molecular weight is 333 g/mol. The smallest absolute Gasteiger partial charge is 0.0918 e. The van der Waals surface area contributed by atoms with Crippen LogP contribution in [0.15, 0.2) is 30.6 Å². The second-order valence-electron chi connectivity index (χ2n) is 6.50. The molecular formula is C18H25ClN4. The van der Waals surface area contributed by atoms with Crippen LogP contribution in [0.25, 0.3) is 10.9 Å². The number of rotatable bonds is 5. The van der Waals surface area contributed by atoms with Crippen molar-refractivity contribution in [2.75, 3.05) is 20.1 Å². The van der Waals surface area contributed by atoms with Crippen molar-refractivity contribution < 1.29 is 0 Å². The average Bonchev–Trinajstić information content (AvgIpc) is 2.81. The van der Waals surface area contributed by atoms with E-state index in [9.17, 15) is 0 Å². The number of aromatic amines is 1. The van der Waals surface area contributed by atoms with Gasteiger partial charge in [0.1, 0.15) is 0 Å².